The highest BCUT2D eigenvalue weighted by Gasteiger charge is 2.30. The van der Waals surface area contributed by atoms with E-state index in [2.05, 4.69) is 41.1 Å². The van der Waals surface area contributed by atoms with Crippen molar-refractivity contribution in [1.82, 2.24) is 9.80 Å². The molecule has 2 aromatic rings. The maximum Gasteiger partial charge on any atom is 0.226 e. The van der Waals surface area contributed by atoms with Crippen LogP contribution in [0.1, 0.15) is 47.1 Å². The maximum atomic E-state index is 13.2. The Labute approximate surface area is 191 Å². The third kappa shape index (κ3) is 5.39. The van der Waals surface area contributed by atoms with Gasteiger partial charge in [-0.2, -0.15) is 0 Å². The van der Waals surface area contributed by atoms with E-state index in [4.69, 9.17) is 0 Å². The molecule has 2 heterocycles. The zero-order valence-electron chi connectivity index (χ0n) is 19.6. The second-order valence-corrected chi connectivity index (χ2v) is 9.50. The molecule has 4 rings (SSSR count). The van der Waals surface area contributed by atoms with Crippen LogP contribution in [0.3, 0.4) is 0 Å². The SMILES string of the molecule is Cc1ccc(NC(=O)CCN2CCC(C(=O)N3CCc4cc(C)c(C)cc4C3)CC2)cc1. The zero-order chi connectivity index (χ0) is 22.7. The summed E-state index contributed by atoms with van der Waals surface area (Å²) in [5, 5.41) is 2.97. The summed E-state index contributed by atoms with van der Waals surface area (Å²) < 4.78 is 0. The predicted octanol–water partition coefficient (Wildman–Crippen LogP) is 4.24. The molecule has 0 aromatic heterocycles. The van der Waals surface area contributed by atoms with Crippen molar-refractivity contribution >= 4 is 17.5 Å². The molecular formula is C27H35N3O2. The van der Waals surface area contributed by atoms with E-state index in [-0.39, 0.29) is 11.8 Å². The quantitative estimate of drug-likeness (QED) is 0.767. The fourth-order valence-corrected chi connectivity index (χ4v) is 4.83. The summed E-state index contributed by atoms with van der Waals surface area (Å²) in [7, 11) is 0. The van der Waals surface area contributed by atoms with Gasteiger partial charge in [0.05, 0.1) is 0 Å². The highest BCUT2D eigenvalue weighted by Crippen LogP contribution is 2.26. The van der Waals surface area contributed by atoms with E-state index in [1.807, 2.05) is 31.2 Å². The lowest BCUT2D eigenvalue weighted by molar-refractivity contribution is -0.138. The summed E-state index contributed by atoms with van der Waals surface area (Å²) in [5.74, 6) is 0.468. The number of aryl methyl sites for hydroxylation is 3. The summed E-state index contributed by atoms with van der Waals surface area (Å²) in [6.07, 6.45) is 3.20. The molecule has 0 spiro atoms. The number of hydrogen-bond acceptors (Lipinski definition) is 3. The first-order valence-electron chi connectivity index (χ1n) is 11.9. The third-order valence-corrected chi connectivity index (χ3v) is 7.07. The number of hydrogen-bond donors (Lipinski definition) is 1. The predicted molar refractivity (Wildman–Crippen MR) is 129 cm³/mol. The van der Waals surface area contributed by atoms with Crippen molar-refractivity contribution in [2.45, 2.75) is 53.0 Å². The van der Waals surface area contributed by atoms with E-state index in [0.717, 1.165) is 57.7 Å². The van der Waals surface area contributed by atoms with Gasteiger partial charge >= 0.3 is 0 Å². The molecule has 2 aliphatic heterocycles. The van der Waals surface area contributed by atoms with E-state index in [1.165, 1.54) is 27.8 Å². The number of anilines is 1. The number of rotatable bonds is 5. The van der Waals surface area contributed by atoms with Crippen LogP contribution in [0.25, 0.3) is 0 Å². The molecule has 1 saturated heterocycles. The zero-order valence-corrected chi connectivity index (χ0v) is 19.6. The van der Waals surface area contributed by atoms with Crippen LogP contribution in [0.2, 0.25) is 0 Å². The van der Waals surface area contributed by atoms with Gasteiger partial charge in [-0.1, -0.05) is 29.8 Å². The Morgan fingerprint density at radius 1 is 0.938 bits per heavy atom. The standard InChI is InChI=1S/C27H35N3O2/c1-19-4-6-25(7-5-19)28-26(31)11-14-29-12-8-22(9-13-29)27(32)30-15-10-23-16-20(2)21(3)17-24(23)18-30/h4-7,16-17,22H,8-15,18H2,1-3H3,(H,28,31). The molecule has 0 atom stereocenters. The lowest BCUT2D eigenvalue weighted by Gasteiger charge is -2.36. The number of benzene rings is 2. The second-order valence-electron chi connectivity index (χ2n) is 9.50. The van der Waals surface area contributed by atoms with Gasteiger partial charge in [-0.3, -0.25) is 9.59 Å². The molecule has 0 saturated carbocycles. The molecule has 2 aliphatic rings. The minimum atomic E-state index is 0.0459. The van der Waals surface area contributed by atoms with E-state index in [1.54, 1.807) is 0 Å². The van der Waals surface area contributed by atoms with E-state index in [0.29, 0.717) is 12.3 Å². The molecule has 0 bridgehead atoms. The molecule has 2 amide bonds. The van der Waals surface area contributed by atoms with Crippen LogP contribution in [0, 0.1) is 26.7 Å². The average Bonchev–Trinajstić information content (AvgIpc) is 2.79. The van der Waals surface area contributed by atoms with Crippen LogP contribution in [0.15, 0.2) is 36.4 Å². The van der Waals surface area contributed by atoms with Crippen molar-refractivity contribution in [3.05, 3.63) is 64.2 Å². The monoisotopic (exact) mass is 433 g/mol. The fourth-order valence-electron chi connectivity index (χ4n) is 4.83. The lowest BCUT2D eigenvalue weighted by Crippen LogP contribution is -2.44. The molecule has 1 N–H and O–H groups in total. The molecule has 0 aliphatic carbocycles. The molecule has 0 radical (unpaired) electrons. The summed E-state index contributed by atoms with van der Waals surface area (Å²) in [6.45, 7) is 10.4. The van der Waals surface area contributed by atoms with Crippen LogP contribution in [0.4, 0.5) is 5.69 Å². The van der Waals surface area contributed by atoms with Gasteiger partial charge in [-0.05, 0) is 87.5 Å². The fraction of sp³-hybridized carbons (Fsp3) is 0.481. The Morgan fingerprint density at radius 2 is 1.59 bits per heavy atom. The summed E-state index contributed by atoms with van der Waals surface area (Å²) >= 11 is 0. The summed E-state index contributed by atoms with van der Waals surface area (Å²) in [6, 6.07) is 12.4. The number of fused-ring (bicyclic) bond motifs is 1. The number of nitrogens with one attached hydrogen (secondary N) is 1. The van der Waals surface area contributed by atoms with Crippen molar-refractivity contribution in [2.75, 3.05) is 31.5 Å². The van der Waals surface area contributed by atoms with Crippen LogP contribution in [0.5, 0.6) is 0 Å². The van der Waals surface area contributed by atoms with Gasteiger partial charge in [0, 0.05) is 37.7 Å². The lowest BCUT2D eigenvalue weighted by atomic mass is 9.91. The van der Waals surface area contributed by atoms with E-state index < -0.39 is 0 Å². The minimum Gasteiger partial charge on any atom is -0.338 e. The first-order valence-corrected chi connectivity index (χ1v) is 11.9. The van der Waals surface area contributed by atoms with Gasteiger partial charge in [0.25, 0.3) is 0 Å². The van der Waals surface area contributed by atoms with Crippen LogP contribution in [-0.2, 0) is 22.6 Å². The van der Waals surface area contributed by atoms with Gasteiger partial charge < -0.3 is 15.1 Å². The minimum absolute atomic E-state index is 0.0459. The van der Waals surface area contributed by atoms with Crippen LogP contribution < -0.4 is 5.32 Å². The van der Waals surface area contributed by atoms with Crippen LogP contribution in [-0.4, -0.2) is 47.8 Å². The Hall–Kier alpha value is -2.66. The molecule has 1 fully saturated rings. The second kappa shape index (κ2) is 9.86. The van der Waals surface area contributed by atoms with Gasteiger partial charge in [-0.25, -0.2) is 0 Å². The number of amides is 2. The highest BCUT2D eigenvalue weighted by molar-refractivity contribution is 5.90. The molecule has 5 nitrogen and oxygen atoms in total. The van der Waals surface area contributed by atoms with Crippen molar-refractivity contribution in [3.63, 3.8) is 0 Å². The first-order chi connectivity index (χ1) is 15.4. The Kier molecular flexibility index (Phi) is 6.95. The van der Waals surface area contributed by atoms with Gasteiger partial charge in [0.1, 0.15) is 0 Å². The number of nitrogens with zero attached hydrogens (tertiary/aromatic N) is 2. The number of carbonyl (C=O) groups excluding carboxylic acids is 2. The summed E-state index contributed by atoms with van der Waals surface area (Å²) in [4.78, 5) is 29.8. The normalized spacial score (nSPS) is 17.2. The van der Waals surface area contributed by atoms with Crippen molar-refractivity contribution in [3.8, 4) is 0 Å². The Bertz CT molecular complexity index is 975. The maximum absolute atomic E-state index is 13.2. The largest absolute Gasteiger partial charge is 0.338 e. The third-order valence-electron chi connectivity index (χ3n) is 7.07. The molecule has 2 aromatic carbocycles. The smallest absolute Gasteiger partial charge is 0.226 e. The van der Waals surface area contributed by atoms with Crippen LogP contribution >= 0.6 is 0 Å². The molecular weight excluding hydrogens is 398 g/mol. The molecule has 5 heteroatoms. The Balaban J connectivity index is 1.22. The van der Waals surface area contributed by atoms with Crippen molar-refractivity contribution in [1.29, 1.82) is 0 Å². The van der Waals surface area contributed by atoms with E-state index >= 15 is 0 Å². The average molecular weight is 434 g/mol. The summed E-state index contributed by atoms with van der Waals surface area (Å²) in [5.41, 5.74) is 7.37. The van der Waals surface area contributed by atoms with Gasteiger partial charge in [0.2, 0.25) is 11.8 Å². The van der Waals surface area contributed by atoms with E-state index in [9.17, 15) is 9.59 Å². The number of carbonyl (C=O) groups is 2. The Morgan fingerprint density at radius 3 is 2.28 bits per heavy atom. The van der Waals surface area contributed by atoms with Gasteiger partial charge in [0.15, 0.2) is 0 Å². The van der Waals surface area contributed by atoms with Gasteiger partial charge in [-0.15, -0.1) is 0 Å². The molecule has 170 valence electrons. The highest BCUT2D eigenvalue weighted by atomic mass is 16.2. The first kappa shape index (κ1) is 22.5. The molecule has 32 heavy (non-hydrogen) atoms. The topological polar surface area (TPSA) is 52.7 Å². The number of piperidine rings is 1. The number of likely N-dealkylation sites (tertiary alicyclic amines) is 1. The van der Waals surface area contributed by atoms with Crippen molar-refractivity contribution < 1.29 is 9.59 Å². The molecule has 0 unspecified atom stereocenters. The van der Waals surface area contributed by atoms with Crippen molar-refractivity contribution in [2.24, 2.45) is 5.92 Å².